The second-order valence-corrected chi connectivity index (χ2v) is 7.83. The number of nitrogens with zero attached hydrogens (tertiary/aromatic N) is 1. The summed E-state index contributed by atoms with van der Waals surface area (Å²) in [5.74, 6) is 0.675. The van der Waals surface area contributed by atoms with Crippen LogP contribution in [0.5, 0.6) is 5.75 Å². The van der Waals surface area contributed by atoms with Crippen molar-refractivity contribution in [1.29, 1.82) is 0 Å². The molecule has 6 heteroatoms. The number of ether oxygens (including phenoxy) is 3. The van der Waals surface area contributed by atoms with Gasteiger partial charge in [-0.05, 0) is 38.1 Å². The third kappa shape index (κ3) is 12.6. The fraction of sp³-hybridized carbons (Fsp3) is 0.720. The molecule has 1 unspecified atom stereocenters. The van der Waals surface area contributed by atoms with Crippen molar-refractivity contribution in [2.24, 2.45) is 0 Å². The first-order valence-corrected chi connectivity index (χ1v) is 12.1. The fourth-order valence-electron chi connectivity index (χ4n) is 3.23. The summed E-state index contributed by atoms with van der Waals surface area (Å²) in [6.45, 7) is 12.8. The molecular weight excluding hydrogens is 392 g/mol. The van der Waals surface area contributed by atoms with Crippen molar-refractivity contribution in [3.05, 3.63) is 24.3 Å². The summed E-state index contributed by atoms with van der Waals surface area (Å²) in [6, 6.07) is 7.51. The Morgan fingerprint density at radius 2 is 1.65 bits per heavy atom. The number of rotatable bonds is 18. The number of nitrogens with one attached hydrogen (secondary N) is 1. The Balaban J connectivity index is 2.59. The van der Waals surface area contributed by atoms with Gasteiger partial charge in [-0.1, -0.05) is 71.9 Å². The predicted octanol–water partition coefficient (Wildman–Crippen LogP) is 6.11. The maximum absolute atomic E-state index is 12.6. The molecule has 1 aromatic carbocycles. The zero-order valence-corrected chi connectivity index (χ0v) is 20.2. The highest BCUT2D eigenvalue weighted by atomic mass is 16.6. The number of anilines is 1. The van der Waals surface area contributed by atoms with Crippen LogP contribution in [-0.2, 0) is 9.47 Å². The van der Waals surface area contributed by atoms with Crippen LogP contribution in [0.25, 0.3) is 0 Å². The molecule has 1 amide bonds. The minimum absolute atomic E-state index is 0.316. The summed E-state index contributed by atoms with van der Waals surface area (Å²) in [4.78, 5) is 14.8. The highest BCUT2D eigenvalue weighted by Crippen LogP contribution is 2.24. The largest absolute Gasteiger partial charge is 0.491 e. The van der Waals surface area contributed by atoms with E-state index < -0.39 is 6.09 Å². The van der Waals surface area contributed by atoms with Gasteiger partial charge in [0.2, 0.25) is 0 Å². The van der Waals surface area contributed by atoms with Gasteiger partial charge in [0.25, 0.3) is 0 Å². The molecule has 1 atom stereocenters. The first kappa shape index (κ1) is 27.2. The number of benzene rings is 1. The molecule has 178 valence electrons. The van der Waals surface area contributed by atoms with Crippen molar-refractivity contribution in [3.8, 4) is 5.75 Å². The Bertz CT molecular complexity index is 578. The summed E-state index contributed by atoms with van der Waals surface area (Å²) in [5, 5.41) is 2.85. The normalized spacial score (nSPS) is 12.0. The van der Waals surface area contributed by atoms with E-state index in [2.05, 4.69) is 37.9 Å². The van der Waals surface area contributed by atoms with Crippen molar-refractivity contribution >= 4 is 11.8 Å². The van der Waals surface area contributed by atoms with Gasteiger partial charge in [0.15, 0.2) is 0 Å². The second kappa shape index (κ2) is 17.8. The second-order valence-electron chi connectivity index (χ2n) is 7.83. The van der Waals surface area contributed by atoms with Crippen LogP contribution in [-0.4, -0.2) is 56.6 Å². The van der Waals surface area contributed by atoms with Gasteiger partial charge in [0, 0.05) is 13.2 Å². The molecule has 0 saturated carbocycles. The van der Waals surface area contributed by atoms with Gasteiger partial charge in [-0.3, -0.25) is 5.32 Å². The zero-order valence-electron chi connectivity index (χ0n) is 20.2. The third-order valence-corrected chi connectivity index (χ3v) is 5.21. The van der Waals surface area contributed by atoms with Gasteiger partial charge in [0.1, 0.15) is 11.9 Å². The quantitative estimate of drug-likeness (QED) is 0.281. The SMILES string of the molecule is CCCCCCCOc1ccccc1NC(=O)OC(COCCCC)CN(CC)CC. The van der Waals surface area contributed by atoms with Gasteiger partial charge in [-0.15, -0.1) is 0 Å². The fourth-order valence-corrected chi connectivity index (χ4v) is 3.23. The van der Waals surface area contributed by atoms with E-state index in [1.807, 2.05) is 24.3 Å². The number of amides is 1. The lowest BCUT2D eigenvalue weighted by molar-refractivity contribution is 0.00804. The van der Waals surface area contributed by atoms with E-state index in [0.29, 0.717) is 37.8 Å². The monoisotopic (exact) mass is 436 g/mol. The smallest absolute Gasteiger partial charge is 0.412 e. The number of unbranched alkanes of at least 4 members (excludes halogenated alkanes) is 5. The topological polar surface area (TPSA) is 60.0 Å². The molecule has 1 rings (SSSR count). The van der Waals surface area contributed by atoms with Gasteiger partial charge in [-0.2, -0.15) is 0 Å². The van der Waals surface area contributed by atoms with E-state index in [0.717, 1.165) is 38.8 Å². The Labute approximate surface area is 189 Å². The minimum atomic E-state index is -0.477. The van der Waals surface area contributed by atoms with Crippen LogP contribution in [0.1, 0.15) is 72.6 Å². The summed E-state index contributed by atoms with van der Waals surface area (Å²) < 4.78 is 17.4. The number of carbonyl (C=O) groups excluding carboxylic acids is 1. The number of hydrogen-bond acceptors (Lipinski definition) is 5. The standard InChI is InChI=1S/C25H44N2O4/c1-5-9-11-12-15-19-30-24-17-14-13-16-23(24)26-25(28)31-22(20-27(7-3)8-4)21-29-18-10-6-2/h13-14,16-17,22H,5-12,15,18-21H2,1-4H3,(H,26,28). The molecule has 0 fully saturated rings. The molecular formula is C25H44N2O4. The summed E-state index contributed by atoms with van der Waals surface area (Å²) in [6.07, 6.45) is 7.20. The van der Waals surface area contributed by atoms with Gasteiger partial charge in [0.05, 0.1) is 18.9 Å². The van der Waals surface area contributed by atoms with E-state index in [1.54, 1.807) is 0 Å². The highest BCUT2D eigenvalue weighted by molar-refractivity contribution is 5.86. The molecule has 0 spiro atoms. The molecule has 0 heterocycles. The lowest BCUT2D eigenvalue weighted by atomic mass is 10.2. The lowest BCUT2D eigenvalue weighted by Gasteiger charge is -2.25. The van der Waals surface area contributed by atoms with E-state index in [1.165, 1.54) is 19.3 Å². The molecule has 0 aliphatic heterocycles. The number of para-hydroxylation sites is 2. The third-order valence-electron chi connectivity index (χ3n) is 5.21. The van der Waals surface area contributed by atoms with Gasteiger partial charge < -0.3 is 19.1 Å². The summed E-state index contributed by atoms with van der Waals surface area (Å²) >= 11 is 0. The first-order chi connectivity index (χ1) is 15.1. The number of carbonyl (C=O) groups is 1. The highest BCUT2D eigenvalue weighted by Gasteiger charge is 2.19. The van der Waals surface area contributed by atoms with Crippen LogP contribution in [0.4, 0.5) is 10.5 Å². The van der Waals surface area contributed by atoms with Crippen LogP contribution in [0, 0.1) is 0 Å². The average Bonchev–Trinajstić information content (AvgIpc) is 2.78. The Kier molecular flexibility index (Phi) is 15.7. The molecule has 1 aromatic rings. The molecule has 6 nitrogen and oxygen atoms in total. The van der Waals surface area contributed by atoms with Crippen molar-refractivity contribution in [1.82, 2.24) is 4.90 Å². The van der Waals surface area contributed by atoms with Crippen molar-refractivity contribution in [3.63, 3.8) is 0 Å². The number of likely N-dealkylation sites (N-methyl/N-ethyl adjacent to an activating group) is 1. The molecule has 0 aromatic heterocycles. The predicted molar refractivity (Wildman–Crippen MR) is 128 cm³/mol. The molecule has 31 heavy (non-hydrogen) atoms. The Morgan fingerprint density at radius 3 is 2.35 bits per heavy atom. The maximum Gasteiger partial charge on any atom is 0.412 e. The van der Waals surface area contributed by atoms with E-state index in [4.69, 9.17) is 14.2 Å². The van der Waals surface area contributed by atoms with Crippen molar-refractivity contribution in [2.45, 2.75) is 78.7 Å². The lowest BCUT2D eigenvalue weighted by Crippen LogP contribution is -2.38. The Morgan fingerprint density at radius 1 is 0.935 bits per heavy atom. The first-order valence-electron chi connectivity index (χ1n) is 12.1. The molecule has 0 saturated heterocycles. The molecule has 1 N–H and O–H groups in total. The Hall–Kier alpha value is -1.79. The number of hydrogen-bond donors (Lipinski definition) is 1. The molecule has 0 bridgehead atoms. The summed E-state index contributed by atoms with van der Waals surface area (Å²) in [5.41, 5.74) is 0.634. The van der Waals surface area contributed by atoms with Crippen LogP contribution < -0.4 is 10.1 Å². The van der Waals surface area contributed by atoms with E-state index in [9.17, 15) is 4.79 Å². The average molecular weight is 437 g/mol. The van der Waals surface area contributed by atoms with Gasteiger partial charge >= 0.3 is 6.09 Å². The van der Waals surface area contributed by atoms with Gasteiger partial charge in [-0.25, -0.2) is 4.79 Å². The minimum Gasteiger partial charge on any atom is -0.491 e. The van der Waals surface area contributed by atoms with Crippen molar-refractivity contribution < 1.29 is 19.0 Å². The maximum atomic E-state index is 12.6. The van der Waals surface area contributed by atoms with E-state index in [-0.39, 0.29) is 6.10 Å². The van der Waals surface area contributed by atoms with Crippen LogP contribution in [0.3, 0.4) is 0 Å². The van der Waals surface area contributed by atoms with Crippen molar-refractivity contribution in [2.75, 3.05) is 44.8 Å². The summed E-state index contributed by atoms with van der Waals surface area (Å²) in [7, 11) is 0. The van der Waals surface area contributed by atoms with Crippen LogP contribution in [0.15, 0.2) is 24.3 Å². The van der Waals surface area contributed by atoms with Crippen LogP contribution in [0.2, 0.25) is 0 Å². The van der Waals surface area contributed by atoms with Crippen LogP contribution >= 0.6 is 0 Å². The molecule has 0 aliphatic rings. The molecule has 0 radical (unpaired) electrons. The zero-order chi connectivity index (χ0) is 22.7. The van der Waals surface area contributed by atoms with E-state index >= 15 is 0 Å². The molecule has 0 aliphatic carbocycles.